The number of aromatic nitrogens is 2. The maximum Gasteiger partial charge on any atom is 0.407 e. The summed E-state index contributed by atoms with van der Waals surface area (Å²) in [7, 11) is 1.74. The number of amides is 3. The predicted octanol–water partition coefficient (Wildman–Crippen LogP) is 3.85. The number of aryl methyl sites for hydroxylation is 1. The number of nitrogens with one attached hydrogen (secondary N) is 2. The van der Waals surface area contributed by atoms with Gasteiger partial charge in [0.25, 0.3) is 0 Å². The van der Waals surface area contributed by atoms with Gasteiger partial charge in [-0.05, 0) is 102 Å². The van der Waals surface area contributed by atoms with Crippen molar-refractivity contribution in [1.82, 2.24) is 29.6 Å². The van der Waals surface area contributed by atoms with E-state index < -0.39 is 17.6 Å². The first kappa shape index (κ1) is 34.6. The van der Waals surface area contributed by atoms with E-state index in [1.807, 2.05) is 32.9 Å². The minimum atomic E-state index is -0.669. The SMILES string of the molecule is Cn1c(=O)n(C2CCC(=O)NC2=O)c2ccc(CN3CCC(OC4CCN(CC5CCC(NC(=O)OC(C)(C)C)CC5)CC4)CC3)cc21. The predicted molar refractivity (Wildman–Crippen MR) is 183 cm³/mol. The van der Waals surface area contributed by atoms with Gasteiger partial charge >= 0.3 is 11.8 Å². The fourth-order valence-electron chi connectivity index (χ4n) is 8.03. The first-order valence-electron chi connectivity index (χ1n) is 18.0. The fraction of sp³-hybridized carbons (Fsp3) is 0.722. The Morgan fingerprint density at radius 1 is 0.875 bits per heavy atom. The lowest BCUT2D eigenvalue weighted by atomic mass is 9.85. The number of benzene rings is 1. The Hall–Kier alpha value is -3.22. The monoisotopic (exact) mass is 666 g/mol. The molecular formula is C36H54N6O6. The highest BCUT2D eigenvalue weighted by atomic mass is 16.6. The van der Waals surface area contributed by atoms with E-state index in [0.717, 1.165) is 107 Å². The van der Waals surface area contributed by atoms with Crippen molar-refractivity contribution in [2.75, 3.05) is 32.7 Å². The maximum absolute atomic E-state index is 13.1. The number of nitrogens with zero attached hydrogens (tertiary/aromatic N) is 4. The molecule has 48 heavy (non-hydrogen) atoms. The Morgan fingerprint density at radius 2 is 1.52 bits per heavy atom. The summed E-state index contributed by atoms with van der Waals surface area (Å²) < 4.78 is 15.2. The normalized spacial score (nSPS) is 25.7. The lowest BCUT2D eigenvalue weighted by Crippen LogP contribution is -2.44. The molecule has 1 saturated carbocycles. The summed E-state index contributed by atoms with van der Waals surface area (Å²) >= 11 is 0. The molecule has 0 radical (unpaired) electrons. The molecule has 2 N–H and O–H groups in total. The van der Waals surface area contributed by atoms with Gasteiger partial charge in [-0.2, -0.15) is 0 Å². The summed E-state index contributed by atoms with van der Waals surface area (Å²) in [5, 5.41) is 5.43. The Balaban J connectivity index is 0.905. The molecule has 264 valence electrons. The maximum atomic E-state index is 13.1. The van der Waals surface area contributed by atoms with Crippen LogP contribution >= 0.6 is 0 Å². The molecule has 0 spiro atoms. The van der Waals surface area contributed by atoms with Gasteiger partial charge in [0.2, 0.25) is 11.8 Å². The van der Waals surface area contributed by atoms with Crippen LogP contribution in [0.15, 0.2) is 23.0 Å². The van der Waals surface area contributed by atoms with Crippen LogP contribution in [-0.4, -0.2) is 93.4 Å². The molecule has 4 fully saturated rings. The lowest BCUT2D eigenvalue weighted by molar-refractivity contribution is -0.135. The molecule has 1 unspecified atom stereocenters. The number of hydrogen-bond donors (Lipinski definition) is 2. The zero-order valence-corrected chi connectivity index (χ0v) is 29.2. The second kappa shape index (κ2) is 14.7. The van der Waals surface area contributed by atoms with Gasteiger partial charge in [-0.1, -0.05) is 6.07 Å². The van der Waals surface area contributed by atoms with Gasteiger partial charge in [-0.3, -0.25) is 28.9 Å². The highest BCUT2D eigenvalue weighted by Crippen LogP contribution is 2.29. The van der Waals surface area contributed by atoms with Crippen LogP contribution in [0.2, 0.25) is 0 Å². The zero-order valence-electron chi connectivity index (χ0n) is 29.2. The van der Waals surface area contributed by atoms with Gasteiger partial charge in [0.05, 0.1) is 23.2 Å². The van der Waals surface area contributed by atoms with Crippen molar-refractivity contribution in [3.05, 3.63) is 34.2 Å². The van der Waals surface area contributed by atoms with Crippen molar-refractivity contribution >= 4 is 28.9 Å². The lowest BCUT2D eigenvalue weighted by Gasteiger charge is -2.39. The molecule has 12 heteroatoms. The third kappa shape index (κ3) is 8.49. The number of carbonyl (C=O) groups is 3. The molecule has 3 saturated heterocycles. The minimum absolute atomic E-state index is 0.222. The van der Waals surface area contributed by atoms with Crippen LogP contribution in [0.4, 0.5) is 4.79 Å². The number of hydrogen-bond acceptors (Lipinski definition) is 8. The van der Waals surface area contributed by atoms with E-state index >= 15 is 0 Å². The van der Waals surface area contributed by atoms with Gasteiger partial charge in [0.1, 0.15) is 11.6 Å². The highest BCUT2D eigenvalue weighted by molar-refractivity contribution is 6.00. The molecule has 3 amide bonds. The molecule has 1 aromatic heterocycles. The summed E-state index contributed by atoms with van der Waals surface area (Å²) in [6.45, 7) is 11.8. The number of rotatable bonds is 8. The average molecular weight is 667 g/mol. The van der Waals surface area contributed by atoms with E-state index in [1.165, 1.54) is 4.57 Å². The van der Waals surface area contributed by atoms with Gasteiger partial charge in [-0.15, -0.1) is 0 Å². The van der Waals surface area contributed by atoms with Crippen molar-refractivity contribution in [2.24, 2.45) is 13.0 Å². The molecule has 4 aliphatic rings. The quantitative estimate of drug-likeness (QED) is 0.407. The van der Waals surface area contributed by atoms with E-state index in [-0.39, 0.29) is 30.2 Å². The number of fused-ring (bicyclic) bond motifs is 1. The molecular weight excluding hydrogens is 612 g/mol. The Labute approximate surface area is 283 Å². The summed E-state index contributed by atoms with van der Waals surface area (Å²) in [6, 6.07) is 5.60. The number of imide groups is 1. The molecule has 12 nitrogen and oxygen atoms in total. The van der Waals surface area contributed by atoms with Gasteiger partial charge in [-0.25, -0.2) is 9.59 Å². The molecule has 1 aliphatic carbocycles. The first-order chi connectivity index (χ1) is 22.9. The third-order valence-corrected chi connectivity index (χ3v) is 10.6. The smallest absolute Gasteiger partial charge is 0.407 e. The van der Waals surface area contributed by atoms with Crippen molar-refractivity contribution in [2.45, 2.75) is 121 Å². The molecule has 6 rings (SSSR count). The second-order valence-corrected chi connectivity index (χ2v) is 15.5. The van der Waals surface area contributed by atoms with E-state index in [0.29, 0.717) is 24.5 Å². The van der Waals surface area contributed by atoms with Crippen LogP contribution < -0.4 is 16.3 Å². The number of imidazole rings is 1. The summed E-state index contributed by atoms with van der Waals surface area (Å²) in [6.07, 6.45) is 9.47. The summed E-state index contributed by atoms with van der Waals surface area (Å²) in [5.74, 6) is -0.00594. The molecule has 3 aliphatic heterocycles. The molecule has 1 aromatic carbocycles. The van der Waals surface area contributed by atoms with E-state index in [4.69, 9.17) is 9.47 Å². The minimum Gasteiger partial charge on any atom is -0.444 e. The van der Waals surface area contributed by atoms with Crippen LogP contribution in [-0.2, 0) is 32.7 Å². The van der Waals surface area contributed by atoms with Crippen LogP contribution in [0, 0.1) is 5.92 Å². The van der Waals surface area contributed by atoms with Crippen molar-refractivity contribution in [3.63, 3.8) is 0 Å². The number of piperidine rings is 3. The van der Waals surface area contributed by atoms with Gasteiger partial charge in [0.15, 0.2) is 0 Å². The number of carbonyl (C=O) groups excluding carboxylic acids is 3. The van der Waals surface area contributed by atoms with E-state index in [1.54, 1.807) is 11.6 Å². The number of ether oxygens (including phenoxy) is 2. The molecule has 2 aromatic rings. The molecule has 1 atom stereocenters. The van der Waals surface area contributed by atoms with Crippen LogP contribution in [0.1, 0.15) is 96.6 Å². The van der Waals surface area contributed by atoms with Crippen molar-refractivity contribution in [1.29, 1.82) is 0 Å². The van der Waals surface area contributed by atoms with Gasteiger partial charge in [0, 0.05) is 58.8 Å². The Kier molecular flexibility index (Phi) is 10.6. The summed E-state index contributed by atoms with van der Waals surface area (Å²) in [4.78, 5) is 54.4. The molecule has 0 bridgehead atoms. The van der Waals surface area contributed by atoms with Crippen molar-refractivity contribution in [3.8, 4) is 0 Å². The first-order valence-corrected chi connectivity index (χ1v) is 18.0. The van der Waals surface area contributed by atoms with Crippen LogP contribution in [0.25, 0.3) is 11.0 Å². The molecule has 4 heterocycles. The summed E-state index contributed by atoms with van der Waals surface area (Å²) in [5.41, 5.74) is 1.96. The second-order valence-electron chi connectivity index (χ2n) is 15.5. The topological polar surface area (TPSA) is 127 Å². The van der Waals surface area contributed by atoms with E-state index in [2.05, 4.69) is 26.5 Å². The van der Waals surface area contributed by atoms with Gasteiger partial charge < -0.3 is 19.7 Å². The van der Waals surface area contributed by atoms with E-state index in [9.17, 15) is 19.2 Å². The van der Waals surface area contributed by atoms with Crippen LogP contribution in [0.5, 0.6) is 0 Å². The third-order valence-electron chi connectivity index (χ3n) is 10.6. The Bertz CT molecular complexity index is 1520. The zero-order chi connectivity index (χ0) is 34.0. The fourth-order valence-corrected chi connectivity index (χ4v) is 8.03. The number of likely N-dealkylation sites (tertiary alicyclic amines) is 2. The largest absolute Gasteiger partial charge is 0.444 e. The number of alkyl carbamates (subject to hydrolysis) is 1. The Morgan fingerprint density at radius 3 is 2.15 bits per heavy atom. The standard InChI is InChI=1S/C36H54N6O6/c1-36(2,3)48-34(45)37-26-8-5-24(6-9-26)22-40-17-13-27(14-18-40)47-28-15-19-41(20-16-28)23-25-7-10-29-31(21-25)39(4)35(46)42(29)30-11-12-32(43)38-33(30)44/h7,10,21,24,26-28,30H,5-6,8-9,11-20,22-23H2,1-4H3,(H,37,45)(H,38,43,44). The highest BCUT2D eigenvalue weighted by Gasteiger charge is 2.32. The van der Waals surface area contributed by atoms with Crippen molar-refractivity contribution < 1.29 is 23.9 Å². The average Bonchev–Trinajstić information content (AvgIpc) is 3.28. The van der Waals surface area contributed by atoms with Crippen LogP contribution in [0.3, 0.4) is 0 Å².